The summed E-state index contributed by atoms with van der Waals surface area (Å²) >= 11 is 0. The van der Waals surface area contributed by atoms with Crippen molar-refractivity contribution in [1.82, 2.24) is 9.03 Å². The molecule has 5 nitrogen and oxygen atoms in total. The monoisotopic (exact) mass is 285 g/mol. The molecule has 1 N–H and O–H groups in total. The fourth-order valence-electron chi connectivity index (χ4n) is 1.74. The quantitative estimate of drug-likeness (QED) is 0.824. The lowest BCUT2D eigenvalue weighted by atomic mass is 10.2. The Kier molecular flexibility index (Phi) is 5.78. The first-order valence-corrected chi connectivity index (χ1v) is 7.85. The third-order valence-electron chi connectivity index (χ3n) is 2.96. The molecular formula is C13H23N3O2S. The third kappa shape index (κ3) is 4.49. The van der Waals surface area contributed by atoms with Gasteiger partial charge in [0.2, 0.25) is 0 Å². The van der Waals surface area contributed by atoms with Crippen LogP contribution in [0.5, 0.6) is 0 Å². The summed E-state index contributed by atoms with van der Waals surface area (Å²) in [5.74, 6) is 0. The van der Waals surface area contributed by atoms with Gasteiger partial charge < -0.3 is 4.90 Å². The molecule has 0 aliphatic carbocycles. The van der Waals surface area contributed by atoms with Gasteiger partial charge >= 0.3 is 0 Å². The second-order valence-electron chi connectivity index (χ2n) is 4.47. The first-order valence-electron chi connectivity index (χ1n) is 6.41. The van der Waals surface area contributed by atoms with Crippen molar-refractivity contribution in [3.05, 3.63) is 29.8 Å². The van der Waals surface area contributed by atoms with Gasteiger partial charge in [0, 0.05) is 39.4 Å². The molecule has 0 saturated heterocycles. The molecule has 0 spiro atoms. The van der Waals surface area contributed by atoms with Gasteiger partial charge in [-0.2, -0.15) is 17.4 Å². The van der Waals surface area contributed by atoms with Gasteiger partial charge in [-0.1, -0.05) is 26.0 Å². The van der Waals surface area contributed by atoms with Gasteiger partial charge in [0.15, 0.2) is 0 Å². The first kappa shape index (κ1) is 15.9. The summed E-state index contributed by atoms with van der Waals surface area (Å²) in [7, 11) is 0.566. The highest BCUT2D eigenvalue weighted by molar-refractivity contribution is 7.87. The Hall–Kier alpha value is -1.11. The molecule has 0 amide bonds. The minimum atomic E-state index is -3.37. The molecule has 0 atom stereocenters. The highest BCUT2D eigenvalue weighted by Gasteiger charge is 2.17. The van der Waals surface area contributed by atoms with E-state index in [2.05, 4.69) is 4.72 Å². The molecule has 0 saturated carbocycles. The highest BCUT2D eigenvalue weighted by atomic mass is 32.2. The van der Waals surface area contributed by atoms with E-state index in [9.17, 15) is 8.42 Å². The average molecular weight is 285 g/mol. The van der Waals surface area contributed by atoms with Crippen molar-refractivity contribution >= 4 is 15.9 Å². The van der Waals surface area contributed by atoms with Crippen molar-refractivity contribution in [2.75, 3.05) is 32.1 Å². The molecular weight excluding hydrogens is 262 g/mol. The van der Waals surface area contributed by atoms with Gasteiger partial charge in [-0.15, -0.1) is 0 Å². The number of nitrogens with zero attached hydrogens (tertiary/aromatic N) is 2. The van der Waals surface area contributed by atoms with Gasteiger partial charge in [-0.3, -0.25) is 0 Å². The van der Waals surface area contributed by atoms with E-state index in [1.807, 2.05) is 57.1 Å². The number of rotatable bonds is 7. The molecule has 1 aromatic carbocycles. The molecule has 0 bridgehead atoms. The Balaban J connectivity index is 2.66. The van der Waals surface area contributed by atoms with E-state index in [0.717, 1.165) is 11.3 Å². The maximum atomic E-state index is 11.9. The van der Waals surface area contributed by atoms with Crippen LogP contribution < -0.4 is 9.62 Å². The van der Waals surface area contributed by atoms with Crippen LogP contribution >= 0.6 is 0 Å². The average Bonchev–Trinajstić information content (AvgIpc) is 2.38. The second-order valence-corrected chi connectivity index (χ2v) is 6.23. The first-order chi connectivity index (χ1) is 8.90. The predicted octanol–water partition coefficient (Wildman–Crippen LogP) is 1.43. The van der Waals surface area contributed by atoms with Crippen LogP contribution in [0, 0.1) is 0 Å². The molecule has 0 fully saturated rings. The molecule has 1 rings (SSSR count). The number of anilines is 1. The molecule has 0 unspecified atom stereocenters. The second kappa shape index (κ2) is 6.88. The van der Waals surface area contributed by atoms with E-state index >= 15 is 0 Å². The van der Waals surface area contributed by atoms with Crippen LogP contribution in [-0.2, 0) is 16.8 Å². The topological polar surface area (TPSA) is 52.7 Å². The third-order valence-corrected chi connectivity index (χ3v) is 4.66. The van der Waals surface area contributed by atoms with Crippen LogP contribution in [0.2, 0.25) is 0 Å². The Labute approximate surface area is 116 Å². The molecule has 1 aromatic rings. The van der Waals surface area contributed by atoms with Crippen LogP contribution in [0.15, 0.2) is 24.3 Å². The summed E-state index contributed by atoms with van der Waals surface area (Å²) in [6, 6.07) is 7.81. The van der Waals surface area contributed by atoms with E-state index in [-0.39, 0.29) is 0 Å². The summed E-state index contributed by atoms with van der Waals surface area (Å²) in [5.41, 5.74) is 2.04. The van der Waals surface area contributed by atoms with Crippen LogP contribution in [-0.4, -0.2) is 39.9 Å². The predicted molar refractivity (Wildman–Crippen MR) is 79.4 cm³/mol. The summed E-state index contributed by atoms with van der Waals surface area (Å²) in [6.07, 6.45) is 0. The van der Waals surface area contributed by atoms with E-state index in [1.54, 1.807) is 0 Å². The van der Waals surface area contributed by atoms with Gasteiger partial charge in [0.05, 0.1) is 0 Å². The Morgan fingerprint density at radius 1 is 1.05 bits per heavy atom. The zero-order valence-electron chi connectivity index (χ0n) is 12.0. The van der Waals surface area contributed by atoms with Gasteiger partial charge in [-0.25, -0.2) is 0 Å². The SMILES string of the molecule is CCN(CC)S(=O)(=O)NCc1ccc(N(C)C)cc1. The summed E-state index contributed by atoms with van der Waals surface area (Å²) < 4.78 is 27.9. The summed E-state index contributed by atoms with van der Waals surface area (Å²) in [6.45, 7) is 4.92. The molecule has 6 heteroatoms. The van der Waals surface area contributed by atoms with Crippen molar-refractivity contribution in [2.24, 2.45) is 0 Å². The van der Waals surface area contributed by atoms with Crippen LogP contribution in [0.25, 0.3) is 0 Å². The van der Waals surface area contributed by atoms with Gasteiger partial charge in [-0.05, 0) is 17.7 Å². The van der Waals surface area contributed by atoms with Crippen LogP contribution in [0.3, 0.4) is 0 Å². The lowest BCUT2D eigenvalue weighted by Gasteiger charge is -2.19. The molecule has 0 aliphatic heterocycles. The summed E-state index contributed by atoms with van der Waals surface area (Å²) in [4.78, 5) is 2.00. The minimum Gasteiger partial charge on any atom is -0.378 e. The maximum absolute atomic E-state index is 11.9. The normalized spacial score (nSPS) is 11.8. The van der Waals surface area contributed by atoms with Crippen molar-refractivity contribution < 1.29 is 8.42 Å². The summed E-state index contributed by atoms with van der Waals surface area (Å²) in [5, 5.41) is 0. The lowest BCUT2D eigenvalue weighted by Crippen LogP contribution is -2.40. The number of benzene rings is 1. The molecule has 108 valence electrons. The number of hydrogen-bond donors (Lipinski definition) is 1. The molecule has 0 radical (unpaired) electrons. The molecule has 0 heterocycles. The van der Waals surface area contributed by atoms with Gasteiger partial charge in [0.25, 0.3) is 10.2 Å². The number of hydrogen-bond acceptors (Lipinski definition) is 3. The standard InChI is InChI=1S/C13H23N3O2S/c1-5-16(6-2)19(17,18)14-11-12-7-9-13(10-8-12)15(3)4/h7-10,14H,5-6,11H2,1-4H3. The fourth-order valence-corrected chi connectivity index (χ4v) is 2.95. The minimum absolute atomic E-state index is 0.312. The van der Waals surface area contributed by atoms with E-state index in [4.69, 9.17) is 0 Å². The Bertz CT molecular complexity index is 479. The van der Waals surface area contributed by atoms with E-state index in [0.29, 0.717) is 19.6 Å². The zero-order valence-corrected chi connectivity index (χ0v) is 12.9. The Morgan fingerprint density at radius 2 is 1.58 bits per heavy atom. The van der Waals surface area contributed by atoms with Crippen LogP contribution in [0.1, 0.15) is 19.4 Å². The highest BCUT2D eigenvalue weighted by Crippen LogP contribution is 2.12. The molecule has 19 heavy (non-hydrogen) atoms. The molecule has 0 aromatic heterocycles. The van der Waals surface area contributed by atoms with Crippen molar-refractivity contribution in [3.8, 4) is 0 Å². The zero-order chi connectivity index (χ0) is 14.5. The van der Waals surface area contributed by atoms with Crippen molar-refractivity contribution in [2.45, 2.75) is 20.4 Å². The van der Waals surface area contributed by atoms with Crippen molar-refractivity contribution in [1.29, 1.82) is 0 Å². The number of nitrogens with one attached hydrogen (secondary N) is 1. The van der Waals surface area contributed by atoms with Crippen molar-refractivity contribution in [3.63, 3.8) is 0 Å². The van der Waals surface area contributed by atoms with E-state index in [1.165, 1.54) is 4.31 Å². The van der Waals surface area contributed by atoms with E-state index < -0.39 is 10.2 Å². The largest absolute Gasteiger partial charge is 0.378 e. The maximum Gasteiger partial charge on any atom is 0.279 e. The van der Waals surface area contributed by atoms with Gasteiger partial charge in [0.1, 0.15) is 0 Å². The lowest BCUT2D eigenvalue weighted by molar-refractivity contribution is 0.434. The van der Waals surface area contributed by atoms with Crippen LogP contribution in [0.4, 0.5) is 5.69 Å². The smallest absolute Gasteiger partial charge is 0.279 e. The molecule has 0 aliphatic rings. The Morgan fingerprint density at radius 3 is 2.00 bits per heavy atom. The fraction of sp³-hybridized carbons (Fsp3) is 0.538.